The van der Waals surface area contributed by atoms with Gasteiger partial charge in [-0.2, -0.15) is 18.2 Å². The van der Waals surface area contributed by atoms with Gasteiger partial charge >= 0.3 is 0 Å². The summed E-state index contributed by atoms with van der Waals surface area (Å²) >= 11 is 5.08. The van der Waals surface area contributed by atoms with Crippen molar-refractivity contribution in [1.29, 1.82) is 0 Å². The predicted octanol–water partition coefficient (Wildman–Crippen LogP) is 19.0. The molecule has 11 heterocycles. The van der Waals surface area contributed by atoms with E-state index in [1.807, 2.05) is 45.3 Å². The van der Waals surface area contributed by atoms with Gasteiger partial charge < -0.3 is 13.6 Å². The lowest BCUT2D eigenvalue weighted by Gasteiger charge is -1.92. The molecule has 11 aromatic rings. The van der Waals surface area contributed by atoms with Gasteiger partial charge in [0.2, 0.25) is 0 Å². The van der Waals surface area contributed by atoms with Crippen LogP contribution in [-0.2, 0) is 0 Å². The lowest BCUT2D eigenvalue weighted by Crippen LogP contribution is -1.85. The van der Waals surface area contributed by atoms with E-state index in [4.69, 9.17) is 0 Å². The Balaban J connectivity index is -0.000000123. The number of aromatic nitrogens is 25. The minimum atomic E-state index is 0. The number of aromatic amines is 1. The van der Waals surface area contributed by atoms with Crippen molar-refractivity contribution in [3.63, 3.8) is 0 Å². The first-order valence-electron chi connectivity index (χ1n) is 31.3. The zero-order valence-corrected chi connectivity index (χ0v) is 65.9. The molecule has 11 rings (SSSR count). The highest BCUT2D eigenvalue weighted by atomic mass is 32.1. The highest BCUT2D eigenvalue weighted by Crippen LogP contribution is 2.12. The molecule has 30 nitrogen and oxygen atoms in total. The van der Waals surface area contributed by atoms with Crippen LogP contribution in [0.15, 0.2) is 134 Å². The summed E-state index contributed by atoms with van der Waals surface area (Å²) in [6.07, 6.45) is 23.7. The number of hydrogen-bond donors (Lipinski definition) is 1. The maximum absolute atomic E-state index is 4.62. The zero-order chi connectivity index (χ0) is 74.4. The fourth-order valence-electron chi connectivity index (χ4n) is 2.70. The molecule has 0 fully saturated rings. The van der Waals surface area contributed by atoms with Crippen molar-refractivity contribution in [3.05, 3.63) is 133 Å². The minimum absolute atomic E-state index is 0. The summed E-state index contributed by atoms with van der Waals surface area (Å²) in [4.78, 5) is 7.44. The molecule has 0 aliphatic heterocycles. The van der Waals surface area contributed by atoms with Crippen LogP contribution in [0.25, 0.3) is 0 Å². The fourth-order valence-corrected chi connectivity index (χ4v) is 4.18. The molecule has 0 radical (unpaired) electrons. The topological polar surface area (TPSA) is 391 Å². The van der Waals surface area contributed by atoms with Crippen molar-refractivity contribution in [2.24, 2.45) is 41.4 Å². The number of rotatable bonds is 4. The number of nitrogens with one attached hydrogen (secondary N) is 1. The van der Waals surface area contributed by atoms with Gasteiger partial charge in [-0.05, 0) is 86.6 Å². The summed E-state index contributed by atoms with van der Waals surface area (Å²) in [5.74, 6) is 8.11. The lowest BCUT2D eigenvalue weighted by molar-refractivity contribution is 0.292. The van der Waals surface area contributed by atoms with Crippen LogP contribution in [0.2, 0.25) is 0 Å². The highest BCUT2D eigenvalue weighted by Gasteiger charge is 2.04. The molecule has 11 aromatic heterocycles. The molecule has 0 aliphatic carbocycles. The van der Waals surface area contributed by atoms with E-state index in [0.717, 1.165) is 69.5 Å². The van der Waals surface area contributed by atoms with Crippen molar-refractivity contribution in [1.82, 2.24) is 124 Å². The van der Waals surface area contributed by atoms with Crippen molar-refractivity contribution in [3.8, 4) is 0 Å². The van der Waals surface area contributed by atoms with Crippen molar-refractivity contribution in [2.45, 2.75) is 239 Å². The average molecular weight is 1450 g/mol. The molecule has 98 heavy (non-hydrogen) atoms. The maximum atomic E-state index is 4.62. The molecule has 0 spiro atoms. The van der Waals surface area contributed by atoms with Crippen LogP contribution in [0.5, 0.6) is 0 Å². The Hall–Kier alpha value is -7.98. The SMILES string of the molecule is C.C.CC(C)C.CC(C)C.CC(C)C.CC(C)C.CC(C)C.CC(C)C.CC(C)C.CC(C)c1cnon1.CC(C)c1cnsn1.CC(C)c1nnno1.CC(C)c1nnns1.c1cn[nH]c1.c1cnccn1.c1cnoc1.c1conn1.c1csnn1.c1nnon1.c1nnsn1. The first-order valence-corrected chi connectivity index (χ1v) is 34.3. The van der Waals surface area contributed by atoms with E-state index in [0.29, 0.717) is 23.6 Å². The van der Waals surface area contributed by atoms with Crippen molar-refractivity contribution < 1.29 is 22.8 Å². The summed E-state index contributed by atoms with van der Waals surface area (Å²) < 4.78 is 43.5. The fraction of sp³-hybridized carbons (Fsp3) is 0.656. The third kappa shape index (κ3) is 129. The van der Waals surface area contributed by atoms with Crippen LogP contribution in [-0.4, -0.2) is 124 Å². The Morgan fingerprint density at radius 2 is 0.969 bits per heavy atom. The normalized spacial score (nSPS) is 8.90. The van der Waals surface area contributed by atoms with Crippen LogP contribution in [0, 0.1) is 41.4 Å². The second-order valence-corrected chi connectivity index (χ2v) is 26.8. The zero-order valence-electron chi connectivity index (χ0n) is 62.7. The van der Waals surface area contributed by atoms with Gasteiger partial charge in [0.25, 0.3) is 5.89 Å². The molecule has 0 amide bonds. The van der Waals surface area contributed by atoms with Gasteiger partial charge in [-0.15, -0.1) is 20.4 Å². The van der Waals surface area contributed by atoms with E-state index in [1.54, 1.807) is 61.8 Å². The summed E-state index contributed by atoms with van der Waals surface area (Å²) in [5, 5.41) is 59.4. The molecule has 0 saturated heterocycles. The van der Waals surface area contributed by atoms with Crippen molar-refractivity contribution >= 4 is 46.5 Å². The van der Waals surface area contributed by atoms with E-state index in [1.165, 1.54) is 66.2 Å². The van der Waals surface area contributed by atoms with Gasteiger partial charge in [0.1, 0.15) is 23.2 Å². The smallest absolute Gasteiger partial charge is 0.250 e. The maximum Gasteiger partial charge on any atom is 0.250 e. The monoisotopic (exact) mass is 1450 g/mol. The van der Waals surface area contributed by atoms with Crippen LogP contribution in [0.4, 0.5) is 0 Å². The summed E-state index contributed by atoms with van der Waals surface area (Å²) in [6.45, 7) is 61.9. The molecule has 0 saturated carbocycles. The molecule has 0 unspecified atom stereocenters. The summed E-state index contributed by atoms with van der Waals surface area (Å²) in [6, 6.07) is 3.56. The van der Waals surface area contributed by atoms with Gasteiger partial charge in [-0.3, -0.25) is 15.1 Å². The van der Waals surface area contributed by atoms with Gasteiger partial charge in [0, 0.05) is 77.1 Å². The largest absolute Gasteiger partial charge is 0.365 e. The Morgan fingerprint density at radius 1 is 0.408 bits per heavy atom. The van der Waals surface area contributed by atoms with Crippen LogP contribution >= 0.6 is 46.5 Å². The van der Waals surface area contributed by atoms with E-state index in [-0.39, 0.29) is 20.8 Å². The van der Waals surface area contributed by atoms with Crippen LogP contribution in [0.3, 0.4) is 0 Å². The minimum Gasteiger partial charge on any atom is -0.365 e. The second-order valence-electron chi connectivity index (χ2n) is 24.3. The summed E-state index contributed by atoms with van der Waals surface area (Å²) in [7, 11) is 0. The van der Waals surface area contributed by atoms with E-state index in [2.05, 4.69) is 320 Å². The third-order valence-electron chi connectivity index (χ3n) is 5.81. The molecule has 560 valence electrons. The van der Waals surface area contributed by atoms with Crippen LogP contribution in [0.1, 0.15) is 262 Å². The average Bonchev–Trinajstić information content (AvgIpc) is 3.23. The van der Waals surface area contributed by atoms with E-state index in [9.17, 15) is 0 Å². The molecular weight excluding hydrogens is 1330 g/mol. The third-order valence-corrected chi connectivity index (χ3v) is 7.99. The lowest BCUT2D eigenvalue weighted by atomic mass is 10.2. The van der Waals surface area contributed by atoms with Crippen LogP contribution < -0.4 is 0 Å². The standard InChI is InChI=1S/C5H8N2O.C5H8N2S.C4H7N3O.C4H7N3S.C4H4N2.7C4H10.C3H4N2.C3H3NO.C2H2N2O.C2H2N2S.CHN3O.CHN3S.2CH4/c2*1-4(2)5-3-6-8-7-5;2*1-3(2)4-5-6-7-8-4;1-2-6-4-3-5-1;7*1-4(2)3;2*1-2-4-5-3-1;2*1-2-5-4-3-1;2*1-2-4-5-3-1;;/h2*3-4H,1-2H3;2*3H,1-2H3;1-4H;7*4H,1-3H3;1-3H,(H,4,5);1-3H;2*1-2H;2*1H;2*1H4. The molecular formula is C64H125N25O5S4. The predicted molar refractivity (Wildman–Crippen MR) is 399 cm³/mol. The molecule has 0 aromatic carbocycles. The number of H-pyrrole nitrogens is 1. The number of nitrogens with zero attached hydrogens (tertiary/aromatic N) is 24. The Bertz CT molecular complexity index is 2180. The summed E-state index contributed by atoms with van der Waals surface area (Å²) in [5.41, 5.74) is 2.00. The van der Waals surface area contributed by atoms with E-state index < -0.39 is 0 Å². The highest BCUT2D eigenvalue weighted by molar-refractivity contribution is 7.05. The first-order chi connectivity index (χ1) is 45.3. The molecule has 0 bridgehead atoms. The molecule has 0 atom stereocenters. The second kappa shape index (κ2) is 87.0. The molecule has 1 N–H and O–H groups in total. The molecule has 34 heteroatoms. The number of hydrogen-bond acceptors (Lipinski definition) is 33. The van der Waals surface area contributed by atoms with Gasteiger partial charge in [-0.1, -0.05) is 255 Å². The Labute approximate surface area is 604 Å². The van der Waals surface area contributed by atoms with Gasteiger partial charge in [0.05, 0.1) is 70.7 Å². The quantitative estimate of drug-likeness (QED) is 0.171. The Kier molecular flexibility index (Phi) is 96.5. The van der Waals surface area contributed by atoms with Gasteiger partial charge in [-0.25, -0.2) is 9.26 Å². The van der Waals surface area contributed by atoms with E-state index >= 15 is 0 Å². The first kappa shape index (κ1) is 109. The molecule has 0 aliphatic rings. The van der Waals surface area contributed by atoms with Crippen molar-refractivity contribution in [2.75, 3.05) is 0 Å². The Morgan fingerprint density at radius 3 is 1.12 bits per heavy atom. The van der Waals surface area contributed by atoms with Gasteiger partial charge in [0.15, 0.2) is 12.7 Å².